The minimum Gasteiger partial charge on any atom is -0.441 e. The normalized spacial score (nSPS) is 13.8. The molecule has 0 saturated carbocycles. The van der Waals surface area contributed by atoms with Gasteiger partial charge in [-0.15, -0.1) is 0 Å². The van der Waals surface area contributed by atoms with Crippen LogP contribution >= 0.6 is 11.8 Å². The molecular formula is C25H27N3O3S. The third kappa shape index (κ3) is 5.40. The second-order valence-electron chi connectivity index (χ2n) is 7.97. The van der Waals surface area contributed by atoms with Crippen LogP contribution in [0.1, 0.15) is 33.8 Å². The van der Waals surface area contributed by atoms with Gasteiger partial charge in [0.15, 0.2) is 11.7 Å². The molecule has 0 atom stereocenters. The molecule has 7 heteroatoms. The summed E-state index contributed by atoms with van der Waals surface area (Å²) >= 11 is 1.87. The molecule has 0 aliphatic carbocycles. The van der Waals surface area contributed by atoms with Gasteiger partial charge in [0.05, 0.1) is 6.20 Å². The fourth-order valence-electron chi connectivity index (χ4n) is 3.60. The summed E-state index contributed by atoms with van der Waals surface area (Å²) in [5, 5.41) is 2.93. The lowest BCUT2D eigenvalue weighted by Crippen LogP contribution is -2.37. The molecule has 1 saturated heterocycles. The predicted octanol–water partition coefficient (Wildman–Crippen LogP) is 4.72. The number of aryl methyl sites for hydroxylation is 3. The second kappa shape index (κ2) is 10.0. The van der Waals surface area contributed by atoms with E-state index in [0.29, 0.717) is 29.3 Å². The number of aromatic nitrogens is 1. The van der Waals surface area contributed by atoms with Crippen molar-refractivity contribution >= 4 is 29.3 Å². The van der Waals surface area contributed by atoms with Crippen LogP contribution in [0.5, 0.6) is 0 Å². The summed E-state index contributed by atoms with van der Waals surface area (Å²) in [6, 6.07) is 13.5. The predicted molar refractivity (Wildman–Crippen MR) is 128 cm³/mol. The minimum absolute atomic E-state index is 0.0551. The van der Waals surface area contributed by atoms with Crippen LogP contribution in [0.15, 0.2) is 53.1 Å². The van der Waals surface area contributed by atoms with Crippen LogP contribution in [0, 0.1) is 13.8 Å². The Labute approximate surface area is 192 Å². The van der Waals surface area contributed by atoms with Gasteiger partial charge >= 0.3 is 0 Å². The molecule has 2 amide bonds. The van der Waals surface area contributed by atoms with Crippen molar-refractivity contribution in [2.45, 2.75) is 26.7 Å². The van der Waals surface area contributed by atoms with Crippen molar-refractivity contribution in [1.29, 1.82) is 0 Å². The number of oxazole rings is 1. The number of hydrogen-bond donors (Lipinski definition) is 1. The lowest BCUT2D eigenvalue weighted by atomic mass is 10.1. The van der Waals surface area contributed by atoms with Gasteiger partial charge in [-0.1, -0.05) is 29.8 Å². The quantitative estimate of drug-likeness (QED) is 0.589. The van der Waals surface area contributed by atoms with Crippen LogP contribution < -0.4 is 5.32 Å². The number of hydrogen-bond acceptors (Lipinski definition) is 5. The van der Waals surface area contributed by atoms with Gasteiger partial charge < -0.3 is 14.6 Å². The van der Waals surface area contributed by atoms with Crippen LogP contribution in [0.4, 0.5) is 5.69 Å². The largest absolute Gasteiger partial charge is 0.441 e. The molecule has 0 radical (unpaired) electrons. The fourth-order valence-corrected chi connectivity index (χ4v) is 4.50. The Kier molecular flexibility index (Phi) is 6.95. The van der Waals surface area contributed by atoms with E-state index in [1.807, 2.05) is 60.8 Å². The Morgan fingerprint density at radius 1 is 1.09 bits per heavy atom. The van der Waals surface area contributed by atoms with Crippen molar-refractivity contribution in [1.82, 2.24) is 9.88 Å². The van der Waals surface area contributed by atoms with Gasteiger partial charge in [-0.25, -0.2) is 4.98 Å². The van der Waals surface area contributed by atoms with Crippen molar-refractivity contribution < 1.29 is 14.0 Å². The first-order chi connectivity index (χ1) is 15.5. The maximum Gasteiger partial charge on any atom is 0.253 e. The Balaban J connectivity index is 1.32. The molecule has 166 valence electrons. The van der Waals surface area contributed by atoms with E-state index in [1.165, 1.54) is 5.56 Å². The molecule has 1 aliphatic rings. The zero-order valence-electron chi connectivity index (χ0n) is 18.4. The van der Waals surface area contributed by atoms with Gasteiger partial charge in [0, 0.05) is 54.3 Å². The highest BCUT2D eigenvalue weighted by molar-refractivity contribution is 7.99. The monoisotopic (exact) mass is 449 g/mol. The molecule has 0 spiro atoms. The molecule has 1 N–H and O–H groups in total. The molecule has 0 unspecified atom stereocenters. The first-order valence-electron chi connectivity index (χ1n) is 10.8. The third-order valence-electron chi connectivity index (χ3n) is 5.50. The molecule has 3 aromatic rings. The number of thioether (sulfide) groups is 1. The smallest absolute Gasteiger partial charge is 0.253 e. The van der Waals surface area contributed by atoms with E-state index in [9.17, 15) is 9.59 Å². The highest BCUT2D eigenvalue weighted by Gasteiger charge is 2.19. The van der Waals surface area contributed by atoms with E-state index in [2.05, 4.69) is 10.3 Å². The van der Waals surface area contributed by atoms with Crippen molar-refractivity contribution in [3.63, 3.8) is 0 Å². The van der Waals surface area contributed by atoms with E-state index >= 15 is 0 Å². The van der Waals surface area contributed by atoms with E-state index in [-0.39, 0.29) is 18.2 Å². The number of nitrogens with one attached hydrogen (secondary N) is 1. The van der Waals surface area contributed by atoms with E-state index < -0.39 is 0 Å². The Bertz CT molecular complexity index is 1100. The number of anilines is 1. The number of amides is 2. The van der Waals surface area contributed by atoms with Crippen molar-refractivity contribution in [3.05, 3.63) is 71.2 Å². The van der Waals surface area contributed by atoms with Crippen molar-refractivity contribution in [2.24, 2.45) is 0 Å². The number of carbonyl (C=O) groups excluding carboxylic acids is 2. The third-order valence-corrected chi connectivity index (χ3v) is 6.44. The van der Waals surface area contributed by atoms with E-state index in [1.54, 1.807) is 18.3 Å². The molecular weight excluding hydrogens is 422 g/mol. The van der Waals surface area contributed by atoms with Gasteiger partial charge in [0.2, 0.25) is 5.91 Å². The summed E-state index contributed by atoms with van der Waals surface area (Å²) in [6.45, 7) is 5.51. The molecule has 2 heterocycles. The maximum absolute atomic E-state index is 12.7. The number of carbonyl (C=O) groups is 2. The average Bonchev–Trinajstić information content (AvgIpc) is 3.29. The lowest BCUT2D eigenvalue weighted by Gasteiger charge is -2.26. The van der Waals surface area contributed by atoms with E-state index in [0.717, 1.165) is 35.7 Å². The summed E-state index contributed by atoms with van der Waals surface area (Å²) in [7, 11) is 0. The number of rotatable bonds is 6. The topological polar surface area (TPSA) is 75.4 Å². The van der Waals surface area contributed by atoms with Crippen LogP contribution in [-0.2, 0) is 11.2 Å². The minimum atomic E-state index is -0.115. The van der Waals surface area contributed by atoms with Crippen molar-refractivity contribution in [3.8, 4) is 11.3 Å². The summed E-state index contributed by atoms with van der Waals surface area (Å²) in [5.74, 6) is 3.14. The lowest BCUT2D eigenvalue weighted by molar-refractivity contribution is -0.116. The Morgan fingerprint density at radius 3 is 2.56 bits per heavy atom. The average molecular weight is 450 g/mol. The van der Waals surface area contributed by atoms with Crippen LogP contribution in [-0.4, -0.2) is 46.3 Å². The first kappa shape index (κ1) is 22.1. The first-order valence-corrected chi connectivity index (χ1v) is 11.9. The van der Waals surface area contributed by atoms with Crippen molar-refractivity contribution in [2.75, 3.05) is 29.9 Å². The van der Waals surface area contributed by atoms with Gasteiger partial charge in [0.1, 0.15) is 0 Å². The number of nitrogens with zero attached hydrogens (tertiary/aromatic N) is 2. The summed E-state index contributed by atoms with van der Waals surface area (Å²) < 4.78 is 5.80. The Hall–Kier alpha value is -3.06. The molecule has 4 rings (SSSR count). The Morgan fingerprint density at radius 2 is 1.84 bits per heavy atom. The number of benzene rings is 2. The summed E-state index contributed by atoms with van der Waals surface area (Å²) in [5.41, 5.74) is 4.40. The zero-order chi connectivity index (χ0) is 22.5. The van der Waals surface area contributed by atoms with Gasteiger partial charge in [-0.3, -0.25) is 9.59 Å². The summed E-state index contributed by atoms with van der Waals surface area (Å²) in [6.07, 6.45) is 2.37. The second-order valence-corrected chi connectivity index (χ2v) is 9.19. The SMILES string of the molecule is Cc1ccc(-c2cnc(CCC(=O)Nc3ccc(C(=O)N4CCSCC4)cc3C)o2)cc1. The highest BCUT2D eigenvalue weighted by Crippen LogP contribution is 2.22. The van der Waals surface area contributed by atoms with Gasteiger partial charge in [-0.2, -0.15) is 11.8 Å². The molecule has 1 aromatic heterocycles. The summed E-state index contributed by atoms with van der Waals surface area (Å²) in [4.78, 5) is 31.3. The highest BCUT2D eigenvalue weighted by atomic mass is 32.2. The molecule has 0 bridgehead atoms. The fraction of sp³-hybridized carbons (Fsp3) is 0.320. The van der Waals surface area contributed by atoms with Gasteiger partial charge in [-0.05, 0) is 37.6 Å². The zero-order valence-corrected chi connectivity index (χ0v) is 19.2. The van der Waals surface area contributed by atoms with Gasteiger partial charge in [0.25, 0.3) is 5.91 Å². The van der Waals surface area contributed by atoms with E-state index in [4.69, 9.17) is 4.42 Å². The molecule has 2 aromatic carbocycles. The molecule has 1 fully saturated rings. The standard InChI is InChI=1S/C25H27N3O3S/c1-17-3-5-19(6-4-17)22-16-26-24(31-22)10-9-23(29)27-21-8-7-20(15-18(21)2)25(30)28-11-13-32-14-12-28/h3-8,15-16H,9-14H2,1-2H3,(H,27,29). The van der Waals surface area contributed by atoms with Crippen LogP contribution in [0.25, 0.3) is 11.3 Å². The molecule has 6 nitrogen and oxygen atoms in total. The maximum atomic E-state index is 12.7. The van der Waals surface area contributed by atoms with Crippen LogP contribution in [0.3, 0.4) is 0 Å². The molecule has 32 heavy (non-hydrogen) atoms. The van der Waals surface area contributed by atoms with Crippen LogP contribution in [0.2, 0.25) is 0 Å². The molecule has 1 aliphatic heterocycles.